The van der Waals surface area contributed by atoms with Crippen molar-refractivity contribution in [1.29, 1.82) is 0 Å². The summed E-state index contributed by atoms with van der Waals surface area (Å²) in [6, 6.07) is 7.22. The first-order chi connectivity index (χ1) is 7.35. The van der Waals surface area contributed by atoms with Crippen LogP contribution in [0.25, 0.3) is 0 Å². The third-order valence-corrected chi connectivity index (χ3v) is 3.42. The molecule has 0 saturated carbocycles. The molecule has 4 heteroatoms. The lowest BCUT2D eigenvalue weighted by Crippen LogP contribution is -2.42. The topological polar surface area (TPSA) is 35.5 Å². The Kier molecular flexibility index (Phi) is 2.39. The van der Waals surface area contributed by atoms with E-state index in [2.05, 4.69) is 0 Å². The van der Waals surface area contributed by atoms with Gasteiger partial charge in [0.2, 0.25) is 0 Å². The number of hydrogen-bond acceptors (Lipinski definition) is 3. The standard InChI is InChI=1S/C12H13ClO3/c1-11(2)12(3,16-10(14)15-11)8-4-6-9(13)7-5-8/h4-7H,1-3H3. The van der Waals surface area contributed by atoms with E-state index in [-0.39, 0.29) is 0 Å². The zero-order valence-corrected chi connectivity index (χ0v) is 10.2. The quantitative estimate of drug-likeness (QED) is 0.705. The van der Waals surface area contributed by atoms with Gasteiger partial charge in [-0.3, -0.25) is 0 Å². The van der Waals surface area contributed by atoms with Crippen molar-refractivity contribution < 1.29 is 14.3 Å². The van der Waals surface area contributed by atoms with Gasteiger partial charge in [-0.15, -0.1) is 0 Å². The van der Waals surface area contributed by atoms with Gasteiger partial charge in [0.1, 0.15) is 0 Å². The van der Waals surface area contributed by atoms with Crippen LogP contribution >= 0.6 is 11.6 Å². The number of halogens is 1. The van der Waals surface area contributed by atoms with Crippen LogP contribution in [-0.4, -0.2) is 11.8 Å². The van der Waals surface area contributed by atoms with Crippen LogP contribution in [0.1, 0.15) is 26.3 Å². The van der Waals surface area contributed by atoms with E-state index < -0.39 is 17.4 Å². The van der Waals surface area contributed by atoms with Crippen molar-refractivity contribution in [3.63, 3.8) is 0 Å². The van der Waals surface area contributed by atoms with Crippen LogP contribution in [0.2, 0.25) is 5.02 Å². The molecule has 1 aromatic carbocycles. The fourth-order valence-electron chi connectivity index (χ4n) is 1.79. The molecule has 0 radical (unpaired) electrons. The molecule has 0 bridgehead atoms. The van der Waals surface area contributed by atoms with Crippen LogP contribution < -0.4 is 0 Å². The maximum absolute atomic E-state index is 11.2. The Morgan fingerprint density at radius 1 is 1.06 bits per heavy atom. The highest BCUT2D eigenvalue weighted by Crippen LogP contribution is 2.44. The number of hydrogen-bond donors (Lipinski definition) is 0. The molecule has 0 aromatic heterocycles. The van der Waals surface area contributed by atoms with Crippen molar-refractivity contribution in [1.82, 2.24) is 0 Å². The largest absolute Gasteiger partial charge is 0.510 e. The van der Waals surface area contributed by atoms with Gasteiger partial charge in [-0.1, -0.05) is 23.7 Å². The van der Waals surface area contributed by atoms with Crippen molar-refractivity contribution >= 4 is 17.8 Å². The van der Waals surface area contributed by atoms with E-state index in [1.165, 1.54) is 0 Å². The minimum Gasteiger partial charge on any atom is -0.424 e. The molecule has 1 aromatic rings. The van der Waals surface area contributed by atoms with Gasteiger partial charge in [0.15, 0.2) is 11.2 Å². The van der Waals surface area contributed by atoms with E-state index in [1.54, 1.807) is 12.1 Å². The minimum atomic E-state index is -0.783. The Morgan fingerprint density at radius 3 is 2.06 bits per heavy atom. The molecule has 1 unspecified atom stereocenters. The third-order valence-electron chi connectivity index (χ3n) is 3.17. The minimum absolute atomic E-state index is 0.637. The van der Waals surface area contributed by atoms with Gasteiger partial charge in [-0.25, -0.2) is 4.79 Å². The highest BCUT2D eigenvalue weighted by Gasteiger charge is 2.55. The fourth-order valence-corrected chi connectivity index (χ4v) is 1.92. The second kappa shape index (κ2) is 3.39. The summed E-state index contributed by atoms with van der Waals surface area (Å²) in [5.41, 5.74) is -0.611. The van der Waals surface area contributed by atoms with Crippen molar-refractivity contribution in [3.8, 4) is 0 Å². The van der Waals surface area contributed by atoms with Crippen LogP contribution in [0.3, 0.4) is 0 Å². The summed E-state index contributed by atoms with van der Waals surface area (Å²) >= 11 is 5.82. The number of benzene rings is 1. The van der Waals surface area contributed by atoms with Crippen LogP contribution in [0.4, 0.5) is 4.79 Å². The Morgan fingerprint density at radius 2 is 1.62 bits per heavy atom. The van der Waals surface area contributed by atoms with Crippen molar-refractivity contribution in [2.45, 2.75) is 32.0 Å². The Bertz CT molecular complexity index is 424. The lowest BCUT2D eigenvalue weighted by molar-refractivity contribution is -0.0135. The number of ether oxygens (including phenoxy) is 2. The average molecular weight is 241 g/mol. The summed E-state index contributed by atoms with van der Waals surface area (Å²) in [5.74, 6) is 0. The molecule has 0 amide bonds. The van der Waals surface area contributed by atoms with E-state index >= 15 is 0 Å². The maximum Gasteiger partial charge on any atom is 0.510 e. The zero-order valence-electron chi connectivity index (χ0n) is 9.41. The Hall–Kier alpha value is -1.22. The predicted octanol–water partition coefficient (Wildman–Crippen LogP) is 3.50. The summed E-state index contributed by atoms with van der Waals surface area (Å²) in [4.78, 5) is 11.2. The molecule has 2 rings (SSSR count). The van der Waals surface area contributed by atoms with Crippen LogP contribution in [0, 0.1) is 0 Å². The molecule has 16 heavy (non-hydrogen) atoms. The normalized spacial score (nSPS) is 27.4. The van der Waals surface area contributed by atoms with Crippen molar-refractivity contribution in [2.75, 3.05) is 0 Å². The molecule has 0 N–H and O–H groups in total. The van der Waals surface area contributed by atoms with Gasteiger partial charge in [-0.05, 0) is 38.5 Å². The summed E-state index contributed by atoms with van der Waals surface area (Å²) in [5, 5.41) is 0.649. The second-order valence-electron chi connectivity index (χ2n) is 4.50. The smallest absolute Gasteiger partial charge is 0.424 e. The first-order valence-electron chi connectivity index (χ1n) is 5.03. The van der Waals surface area contributed by atoms with E-state index in [1.807, 2.05) is 32.9 Å². The molecule has 1 aliphatic rings. The molecule has 1 aliphatic heterocycles. The zero-order chi connectivity index (χ0) is 12.0. The van der Waals surface area contributed by atoms with Gasteiger partial charge in [-0.2, -0.15) is 0 Å². The van der Waals surface area contributed by atoms with Crippen molar-refractivity contribution in [2.24, 2.45) is 0 Å². The summed E-state index contributed by atoms with van der Waals surface area (Å²) in [6.45, 7) is 5.49. The van der Waals surface area contributed by atoms with Gasteiger partial charge in [0.05, 0.1) is 0 Å². The third kappa shape index (κ3) is 1.55. The molecule has 1 atom stereocenters. The van der Waals surface area contributed by atoms with Crippen molar-refractivity contribution in [3.05, 3.63) is 34.9 Å². The van der Waals surface area contributed by atoms with E-state index in [0.29, 0.717) is 5.02 Å². The molecular formula is C12H13ClO3. The number of carbonyl (C=O) groups excluding carboxylic acids is 1. The summed E-state index contributed by atoms with van der Waals surface area (Å²) < 4.78 is 10.4. The van der Waals surface area contributed by atoms with Gasteiger partial charge in [0.25, 0.3) is 0 Å². The fraction of sp³-hybridized carbons (Fsp3) is 0.417. The molecule has 86 valence electrons. The molecule has 0 aliphatic carbocycles. The number of rotatable bonds is 1. The second-order valence-corrected chi connectivity index (χ2v) is 4.94. The van der Waals surface area contributed by atoms with Crippen LogP contribution in [0.5, 0.6) is 0 Å². The predicted molar refractivity (Wildman–Crippen MR) is 60.4 cm³/mol. The van der Waals surface area contributed by atoms with E-state index in [4.69, 9.17) is 21.1 Å². The molecule has 0 spiro atoms. The summed E-state index contributed by atoms with van der Waals surface area (Å²) in [7, 11) is 0. The Labute approximate surface area is 99.3 Å². The lowest BCUT2D eigenvalue weighted by Gasteiger charge is -2.32. The van der Waals surface area contributed by atoms with Crippen LogP contribution in [-0.2, 0) is 15.1 Å². The van der Waals surface area contributed by atoms with Gasteiger partial charge >= 0.3 is 6.16 Å². The lowest BCUT2D eigenvalue weighted by atomic mass is 9.82. The summed E-state index contributed by atoms with van der Waals surface area (Å²) in [6.07, 6.45) is -0.637. The molecule has 1 fully saturated rings. The average Bonchev–Trinajstić information content (AvgIpc) is 2.37. The highest BCUT2D eigenvalue weighted by atomic mass is 35.5. The molecular weight excluding hydrogens is 228 g/mol. The first kappa shape index (κ1) is 11.3. The maximum atomic E-state index is 11.2. The van der Waals surface area contributed by atoms with E-state index in [9.17, 15) is 4.79 Å². The molecule has 3 nitrogen and oxygen atoms in total. The Balaban J connectivity index is 2.46. The van der Waals surface area contributed by atoms with E-state index in [0.717, 1.165) is 5.56 Å². The number of carbonyl (C=O) groups is 1. The molecule has 1 heterocycles. The molecule has 1 saturated heterocycles. The SMILES string of the molecule is CC1(C)OC(=O)OC1(C)c1ccc(Cl)cc1. The van der Waals surface area contributed by atoms with Gasteiger partial charge in [0, 0.05) is 5.02 Å². The highest BCUT2D eigenvalue weighted by molar-refractivity contribution is 6.30. The number of cyclic esters (lactones) is 2. The first-order valence-corrected chi connectivity index (χ1v) is 5.41. The van der Waals surface area contributed by atoms with Crippen LogP contribution in [0.15, 0.2) is 24.3 Å². The van der Waals surface area contributed by atoms with Gasteiger partial charge < -0.3 is 9.47 Å². The monoisotopic (exact) mass is 240 g/mol.